The zero-order chi connectivity index (χ0) is 8.97. The first-order chi connectivity index (χ1) is 5.74. The van der Waals surface area contributed by atoms with Crippen molar-refractivity contribution in [3.05, 3.63) is 12.7 Å². The summed E-state index contributed by atoms with van der Waals surface area (Å²) in [5, 5.41) is 9.18. The van der Waals surface area contributed by atoms with Crippen molar-refractivity contribution < 1.29 is 5.11 Å². The van der Waals surface area contributed by atoms with Gasteiger partial charge in [0.25, 0.3) is 0 Å². The van der Waals surface area contributed by atoms with E-state index >= 15 is 0 Å². The van der Waals surface area contributed by atoms with Gasteiger partial charge in [0.15, 0.2) is 0 Å². The van der Waals surface area contributed by atoms with Gasteiger partial charge in [0.05, 0.1) is 12.6 Å². The molecule has 0 aromatic rings. The van der Waals surface area contributed by atoms with Crippen molar-refractivity contribution in [1.29, 1.82) is 0 Å². The Morgan fingerprint density at radius 3 is 3.17 bits per heavy atom. The zero-order valence-corrected chi connectivity index (χ0v) is 7.53. The molecule has 0 aromatic heterocycles. The molecule has 1 aliphatic heterocycles. The highest BCUT2D eigenvalue weighted by Crippen LogP contribution is 2.06. The zero-order valence-electron chi connectivity index (χ0n) is 7.53. The van der Waals surface area contributed by atoms with E-state index in [1.165, 1.54) is 0 Å². The molecule has 3 heteroatoms. The fourth-order valence-electron chi connectivity index (χ4n) is 1.37. The van der Waals surface area contributed by atoms with E-state index in [1.54, 1.807) is 6.92 Å². The number of aliphatic imine (C=N–C) groups is 1. The number of aliphatic hydroxyl groups excluding tert-OH is 1. The summed E-state index contributed by atoms with van der Waals surface area (Å²) in [5.74, 6) is 1.06. The molecule has 68 valence electrons. The minimum absolute atomic E-state index is 0.280. The molecule has 0 bridgehead atoms. The third-order valence-electron chi connectivity index (χ3n) is 1.84. The molecule has 1 rings (SSSR count). The number of aliphatic hydroxyl groups is 1. The van der Waals surface area contributed by atoms with Gasteiger partial charge in [-0.05, 0) is 6.92 Å². The summed E-state index contributed by atoms with van der Waals surface area (Å²) in [5.41, 5.74) is 0. The van der Waals surface area contributed by atoms with Crippen molar-refractivity contribution in [2.24, 2.45) is 4.99 Å². The fraction of sp³-hybridized carbons (Fsp3) is 0.667. The lowest BCUT2D eigenvalue weighted by Gasteiger charge is -2.20. The third-order valence-corrected chi connectivity index (χ3v) is 1.84. The van der Waals surface area contributed by atoms with E-state index in [2.05, 4.69) is 16.5 Å². The number of β-amino-alcohol motifs (C(OH)–C–C–N with tert-alkyl or cyclic N) is 1. The van der Waals surface area contributed by atoms with Gasteiger partial charge in [-0.25, -0.2) is 0 Å². The Kier molecular flexibility index (Phi) is 3.29. The maximum absolute atomic E-state index is 9.18. The number of hydrogen-bond donors (Lipinski definition) is 1. The van der Waals surface area contributed by atoms with Crippen LogP contribution in [-0.2, 0) is 0 Å². The van der Waals surface area contributed by atoms with Crippen LogP contribution in [0.15, 0.2) is 17.6 Å². The molecule has 0 spiro atoms. The maximum Gasteiger partial charge on any atom is 0.103 e. The lowest BCUT2D eigenvalue weighted by atomic mass is 10.3. The Balaban J connectivity index is 2.43. The van der Waals surface area contributed by atoms with Crippen LogP contribution in [0.1, 0.15) is 13.3 Å². The van der Waals surface area contributed by atoms with Crippen molar-refractivity contribution in [3.63, 3.8) is 0 Å². The molecule has 0 fully saturated rings. The Morgan fingerprint density at radius 1 is 1.83 bits per heavy atom. The molecule has 0 radical (unpaired) electrons. The van der Waals surface area contributed by atoms with Crippen molar-refractivity contribution in [2.45, 2.75) is 19.4 Å². The Bertz CT molecular complexity index is 187. The Labute approximate surface area is 73.4 Å². The smallest absolute Gasteiger partial charge is 0.103 e. The molecule has 12 heavy (non-hydrogen) atoms. The highest BCUT2D eigenvalue weighted by Gasteiger charge is 2.16. The van der Waals surface area contributed by atoms with E-state index in [4.69, 9.17) is 0 Å². The van der Waals surface area contributed by atoms with Crippen LogP contribution in [-0.4, -0.2) is 41.6 Å². The SMILES string of the molecule is C=CCC1=NCCN1CC(C)O. The average Bonchev–Trinajstić information content (AvgIpc) is 2.37. The van der Waals surface area contributed by atoms with Crippen LogP contribution in [0.3, 0.4) is 0 Å². The summed E-state index contributed by atoms with van der Waals surface area (Å²) in [6.45, 7) is 7.95. The molecular formula is C9H16N2O. The van der Waals surface area contributed by atoms with Gasteiger partial charge in [0.2, 0.25) is 0 Å². The van der Waals surface area contributed by atoms with E-state index < -0.39 is 0 Å². The van der Waals surface area contributed by atoms with Gasteiger partial charge in [0.1, 0.15) is 5.84 Å². The maximum atomic E-state index is 9.18. The first-order valence-corrected chi connectivity index (χ1v) is 4.31. The van der Waals surface area contributed by atoms with Crippen molar-refractivity contribution in [2.75, 3.05) is 19.6 Å². The van der Waals surface area contributed by atoms with Crippen LogP contribution in [0.4, 0.5) is 0 Å². The monoisotopic (exact) mass is 168 g/mol. The van der Waals surface area contributed by atoms with Crippen LogP contribution in [0.25, 0.3) is 0 Å². The Hall–Kier alpha value is -0.830. The number of hydrogen-bond acceptors (Lipinski definition) is 3. The standard InChI is InChI=1S/C9H16N2O/c1-3-4-9-10-5-6-11(9)7-8(2)12/h3,8,12H,1,4-7H2,2H3. The van der Waals surface area contributed by atoms with E-state index in [9.17, 15) is 5.11 Å². The van der Waals surface area contributed by atoms with Crippen LogP contribution in [0, 0.1) is 0 Å². The first kappa shape index (κ1) is 9.26. The quantitative estimate of drug-likeness (QED) is 0.626. The van der Waals surface area contributed by atoms with Gasteiger partial charge < -0.3 is 10.0 Å². The lowest BCUT2D eigenvalue weighted by molar-refractivity contribution is 0.163. The van der Waals surface area contributed by atoms with E-state index in [0.29, 0.717) is 6.54 Å². The van der Waals surface area contributed by atoms with Gasteiger partial charge in [-0.3, -0.25) is 4.99 Å². The number of rotatable bonds is 4. The second kappa shape index (κ2) is 4.26. The topological polar surface area (TPSA) is 35.8 Å². The van der Waals surface area contributed by atoms with E-state index in [1.807, 2.05) is 6.08 Å². The third kappa shape index (κ3) is 2.34. The molecule has 3 nitrogen and oxygen atoms in total. The van der Waals surface area contributed by atoms with Crippen LogP contribution < -0.4 is 0 Å². The molecule has 0 amide bonds. The lowest BCUT2D eigenvalue weighted by Crippen LogP contribution is -2.33. The molecular weight excluding hydrogens is 152 g/mol. The van der Waals surface area contributed by atoms with Crippen LogP contribution in [0.2, 0.25) is 0 Å². The molecule has 0 saturated heterocycles. The minimum Gasteiger partial charge on any atom is -0.392 e. The summed E-state index contributed by atoms with van der Waals surface area (Å²) in [7, 11) is 0. The molecule has 1 heterocycles. The molecule has 0 aromatic carbocycles. The predicted octanol–water partition coefficient (Wildman–Crippen LogP) is 0.657. The minimum atomic E-state index is -0.280. The van der Waals surface area contributed by atoms with Gasteiger partial charge in [-0.1, -0.05) is 6.08 Å². The summed E-state index contributed by atoms with van der Waals surface area (Å²) in [4.78, 5) is 6.44. The molecule has 1 aliphatic rings. The van der Waals surface area contributed by atoms with Gasteiger partial charge in [-0.2, -0.15) is 0 Å². The van der Waals surface area contributed by atoms with Crippen LogP contribution in [0.5, 0.6) is 0 Å². The summed E-state index contributed by atoms with van der Waals surface area (Å²) in [6.07, 6.45) is 2.38. The van der Waals surface area contributed by atoms with Gasteiger partial charge >= 0.3 is 0 Å². The number of amidine groups is 1. The van der Waals surface area contributed by atoms with Gasteiger partial charge in [-0.15, -0.1) is 6.58 Å². The summed E-state index contributed by atoms with van der Waals surface area (Å²) in [6, 6.07) is 0. The number of nitrogens with zero attached hydrogens (tertiary/aromatic N) is 2. The van der Waals surface area contributed by atoms with Crippen molar-refractivity contribution in [3.8, 4) is 0 Å². The first-order valence-electron chi connectivity index (χ1n) is 4.31. The summed E-state index contributed by atoms with van der Waals surface area (Å²) < 4.78 is 0. The van der Waals surface area contributed by atoms with Crippen molar-refractivity contribution in [1.82, 2.24) is 4.90 Å². The normalized spacial score (nSPS) is 19.2. The molecule has 0 saturated carbocycles. The second-order valence-electron chi connectivity index (χ2n) is 3.09. The largest absolute Gasteiger partial charge is 0.392 e. The fourth-order valence-corrected chi connectivity index (χ4v) is 1.37. The highest BCUT2D eigenvalue weighted by atomic mass is 16.3. The molecule has 0 aliphatic carbocycles. The molecule has 1 atom stereocenters. The van der Waals surface area contributed by atoms with Crippen molar-refractivity contribution >= 4 is 5.84 Å². The highest BCUT2D eigenvalue weighted by molar-refractivity contribution is 5.84. The molecule has 1 unspecified atom stereocenters. The average molecular weight is 168 g/mol. The second-order valence-corrected chi connectivity index (χ2v) is 3.09. The Morgan fingerprint density at radius 2 is 2.58 bits per heavy atom. The molecule has 1 N–H and O–H groups in total. The van der Waals surface area contributed by atoms with E-state index in [-0.39, 0.29) is 6.10 Å². The van der Waals surface area contributed by atoms with Gasteiger partial charge in [0, 0.05) is 19.5 Å². The van der Waals surface area contributed by atoms with Crippen LogP contribution >= 0.6 is 0 Å². The predicted molar refractivity (Wildman–Crippen MR) is 50.4 cm³/mol. The van der Waals surface area contributed by atoms with E-state index in [0.717, 1.165) is 25.3 Å². The summed E-state index contributed by atoms with van der Waals surface area (Å²) >= 11 is 0.